The monoisotopic (exact) mass is 276 g/mol. The second kappa shape index (κ2) is 6.06. The number of carbonyl (C=O) groups is 1. The molecule has 1 heterocycles. The molecule has 0 aliphatic carbocycles. The summed E-state index contributed by atoms with van der Waals surface area (Å²) in [7, 11) is 0. The van der Waals surface area contributed by atoms with Crippen LogP contribution in [0.1, 0.15) is 61.0 Å². The van der Waals surface area contributed by atoms with Crippen molar-refractivity contribution in [1.82, 2.24) is 0 Å². The Bertz CT molecular complexity index is 481. The van der Waals surface area contributed by atoms with E-state index in [1.54, 1.807) is 0 Å². The van der Waals surface area contributed by atoms with E-state index < -0.39 is 0 Å². The quantitative estimate of drug-likeness (QED) is 0.787. The van der Waals surface area contributed by atoms with Crippen LogP contribution in [-0.4, -0.2) is 19.5 Å². The highest BCUT2D eigenvalue weighted by Gasteiger charge is 2.30. The molecule has 1 aliphatic heterocycles. The van der Waals surface area contributed by atoms with E-state index in [0.29, 0.717) is 13.2 Å². The maximum Gasteiger partial charge on any atom is 0.184 e. The van der Waals surface area contributed by atoms with Crippen LogP contribution in [0.25, 0.3) is 0 Å². The van der Waals surface area contributed by atoms with Crippen molar-refractivity contribution >= 4 is 6.29 Å². The first kappa shape index (κ1) is 15.2. The summed E-state index contributed by atoms with van der Waals surface area (Å²) in [4.78, 5) is 11.2. The van der Waals surface area contributed by atoms with Gasteiger partial charge in [-0.2, -0.15) is 0 Å². The first-order valence-electron chi connectivity index (χ1n) is 7.34. The maximum atomic E-state index is 11.2. The summed E-state index contributed by atoms with van der Waals surface area (Å²) in [6, 6.07) is 4.05. The lowest BCUT2D eigenvalue weighted by Crippen LogP contribution is -2.34. The Hall–Kier alpha value is -1.19. The van der Waals surface area contributed by atoms with Crippen LogP contribution >= 0.6 is 0 Å². The number of aryl methyl sites for hydroxylation is 2. The van der Waals surface area contributed by atoms with Gasteiger partial charge in [-0.1, -0.05) is 27.7 Å². The van der Waals surface area contributed by atoms with Gasteiger partial charge in [0.2, 0.25) is 0 Å². The molecule has 0 spiro atoms. The average Bonchev–Trinajstić information content (AvgIpc) is 2.46. The van der Waals surface area contributed by atoms with Gasteiger partial charge in [-0.25, -0.2) is 0 Å². The average molecular weight is 276 g/mol. The highest BCUT2D eigenvalue weighted by Crippen LogP contribution is 2.34. The van der Waals surface area contributed by atoms with Crippen molar-refractivity contribution in [3.8, 4) is 0 Å². The molecule has 1 fully saturated rings. The second-order valence-corrected chi connectivity index (χ2v) is 6.19. The van der Waals surface area contributed by atoms with E-state index in [1.807, 2.05) is 6.07 Å². The van der Waals surface area contributed by atoms with Gasteiger partial charge in [0.05, 0.1) is 13.2 Å². The molecule has 0 aromatic heterocycles. The summed E-state index contributed by atoms with van der Waals surface area (Å²) in [6.45, 7) is 9.80. The molecule has 0 saturated carbocycles. The summed E-state index contributed by atoms with van der Waals surface area (Å²) >= 11 is 0. The van der Waals surface area contributed by atoms with Crippen LogP contribution in [0.4, 0.5) is 0 Å². The molecule has 0 radical (unpaired) electrons. The van der Waals surface area contributed by atoms with Crippen LogP contribution < -0.4 is 0 Å². The minimum Gasteiger partial charge on any atom is -0.348 e. The van der Waals surface area contributed by atoms with E-state index in [0.717, 1.165) is 41.4 Å². The number of rotatable bonds is 4. The van der Waals surface area contributed by atoms with Gasteiger partial charge in [-0.15, -0.1) is 0 Å². The highest BCUT2D eigenvalue weighted by atomic mass is 16.7. The summed E-state index contributed by atoms with van der Waals surface area (Å²) in [5.41, 5.74) is 4.12. The lowest BCUT2D eigenvalue weighted by atomic mass is 9.93. The molecule has 1 aromatic carbocycles. The number of hydrogen-bond donors (Lipinski definition) is 0. The van der Waals surface area contributed by atoms with Crippen LogP contribution in [0, 0.1) is 5.41 Å². The first-order chi connectivity index (χ1) is 9.50. The normalized spacial score (nSPS) is 19.0. The Morgan fingerprint density at radius 3 is 2.25 bits per heavy atom. The zero-order valence-electron chi connectivity index (χ0n) is 12.9. The Kier molecular flexibility index (Phi) is 4.61. The maximum absolute atomic E-state index is 11.2. The van der Waals surface area contributed by atoms with Crippen molar-refractivity contribution in [3.63, 3.8) is 0 Å². The molecule has 1 saturated heterocycles. The summed E-state index contributed by atoms with van der Waals surface area (Å²) < 4.78 is 11.8. The number of aldehydes is 1. The molecule has 0 N–H and O–H groups in total. The van der Waals surface area contributed by atoms with Crippen LogP contribution in [-0.2, 0) is 22.3 Å². The van der Waals surface area contributed by atoms with E-state index in [2.05, 4.69) is 33.8 Å². The lowest BCUT2D eigenvalue weighted by Gasteiger charge is -2.35. The van der Waals surface area contributed by atoms with Gasteiger partial charge in [0.15, 0.2) is 6.29 Å². The molecule has 2 rings (SSSR count). The van der Waals surface area contributed by atoms with E-state index in [1.165, 1.54) is 0 Å². The third-order valence-electron chi connectivity index (χ3n) is 3.79. The topological polar surface area (TPSA) is 35.5 Å². The molecule has 20 heavy (non-hydrogen) atoms. The van der Waals surface area contributed by atoms with Gasteiger partial charge in [-0.05, 0) is 36.1 Å². The molecule has 1 aromatic rings. The molecule has 0 bridgehead atoms. The lowest BCUT2D eigenvalue weighted by molar-refractivity contribution is -0.226. The number of benzene rings is 1. The van der Waals surface area contributed by atoms with Crippen molar-refractivity contribution in [1.29, 1.82) is 0 Å². The fraction of sp³-hybridized carbons (Fsp3) is 0.588. The van der Waals surface area contributed by atoms with Gasteiger partial charge >= 0.3 is 0 Å². The van der Waals surface area contributed by atoms with Crippen molar-refractivity contribution in [3.05, 3.63) is 34.4 Å². The molecular weight excluding hydrogens is 252 g/mol. The largest absolute Gasteiger partial charge is 0.348 e. The third-order valence-corrected chi connectivity index (χ3v) is 3.79. The zero-order chi connectivity index (χ0) is 14.8. The highest BCUT2D eigenvalue weighted by molar-refractivity contribution is 5.78. The minimum absolute atomic E-state index is 0.0687. The number of hydrogen-bond acceptors (Lipinski definition) is 3. The third kappa shape index (κ3) is 3.10. The van der Waals surface area contributed by atoms with Gasteiger partial charge in [0.1, 0.15) is 6.29 Å². The van der Waals surface area contributed by atoms with Crippen molar-refractivity contribution < 1.29 is 14.3 Å². The van der Waals surface area contributed by atoms with E-state index >= 15 is 0 Å². The Balaban J connectivity index is 2.33. The van der Waals surface area contributed by atoms with Gasteiger partial charge in [0.25, 0.3) is 0 Å². The van der Waals surface area contributed by atoms with Crippen molar-refractivity contribution in [2.75, 3.05) is 13.2 Å². The molecular formula is C17H24O3. The number of ether oxygens (including phenoxy) is 2. The molecule has 1 aliphatic rings. The molecule has 3 nitrogen and oxygen atoms in total. The fourth-order valence-corrected chi connectivity index (χ4v) is 2.54. The predicted molar refractivity (Wildman–Crippen MR) is 79.0 cm³/mol. The van der Waals surface area contributed by atoms with Gasteiger partial charge in [0, 0.05) is 16.5 Å². The summed E-state index contributed by atoms with van der Waals surface area (Å²) in [5, 5.41) is 0. The Morgan fingerprint density at radius 1 is 1.15 bits per heavy atom. The first-order valence-corrected chi connectivity index (χ1v) is 7.34. The van der Waals surface area contributed by atoms with E-state index in [-0.39, 0.29) is 11.7 Å². The van der Waals surface area contributed by atoms with Crippen LogP contribution in [0.2, 0.25) is 0 Å². The van der Waals surface area contributed by atoms with Gasteiger partial charge in [-0.3, -0.25) is 4.79 Å². The standard InChI is InChI=1S/C17H24O3/c1-5-12-8-15(13(6-2)7-14(12)9-18)16-19-10-17(3,4)11-20-16/h7-9,16H,5-6,10-11H2,1-4H3. The van der Waals surface area contributed by atoms with Crippen molar-refractivity contribution in [2.24, 2.45) is 5.41 Å². The zero-order valence-corrected chi connectivity index (χ0v) is 12.9. The molecule has 110 valence electrons. The number of carbonyl (C=O) groups excluding carboxylic acids is 1. The predicted octanol–water partition coefficient (Wildman–Crippen LogP) is 3.70. The smallest absolute Gasteiger partial charge is 0.184 e. The molecule has 0 amide bonds. The van der Waals surface area contributed by atoms with Crippen LogP contribution in [0.15, 0.2) is 12.1 Å². The van der Waals surface area contributed by atoms with Crippen LogP contribution in [0.5, 0.6) is 0 Å². The minimum atomic E-state index is -0.302. The second-order valence-electron chi connectivity index (χ2n) is 6.19. The van der Waals surface area contributed by atoms with Crippen molar-refractivity contribution in [2.45, 2.75) is 46.8 Å². The fourth-order valence-electron chi connectivity index (χ4n) is 2.54. The van der Waals surface area contributed by atoms with Gasteiger partial charge < -0.3 is 9.47 Å². The Labute approximate surface area is 121 Å². The SMILES string of the molecule is CCc1cc(C2OCC(C)(C)CO2)c(CC)cc1C=O. The molecule has 3 heteroatoms. The van der Waals surface area contributed by atoms with E-state index in [9.17, 15) is 4.79 Å². The Morgan fingerprint density at radius 2 is 1.75 bits per heavy atom. The summed E-state index contributed by atoms with van der Waals surface area (Å²) in [6.07, 6.45) is 2.34. The molecule has 0 atom stereocenters. The van der Waals surface area contributed by atoms with E-state index in [4.69, 9.17) is 9.47 Å². The summed E-state index contributed by atoms with van der Waals surface area (Å²) in [5.74, 6) is 0. The van der Waals surface area contributed by atoms with Crippen LogP contribution in [0.3, 0.4) is 0 Å². The molecule has 0 unspecified atom stereocenters.